The number of likely N-dealkylation sites (tertiary alicyclic amines) is 1. The van der Waals surface area contributed by atoms with E-state index in [1.165, 1.54) is 4.90 Å². The normalized spacial score (nSPS) is 32.0. The first-order valence-electron chi connectivity index (χ1n) is 3.82. The summed E-state index contributed by atoms with van der Waals surface area (Å²) in [5.74, 6) is 0.252. The second kappa shape index (κ2) is 3.09. The maximum Gasteiger partial charge on any atom is 0.136 e. The van der Waals surface area contributed by atoms with Crippen molar-refractivity contribution in [2.45, 2.75) is 19.4 Å². The van der Waals surface area contributed by atoms with E-state index in [0.717, 1.165) is 6.42 Å². The molecular weight excluding hydrogens is 144 g/mol. The van der Waals surface area contributed by atoms with E-state index in [-0.39, 0.29) is 12.0 Å². The van der Waals surface area contributed by atoms with Gasteiger partial charge in [-0.25, -0.2) is 0 Å². The van der Waals surface area contributed by atoms with Gasteiger partial charge in [-0.05, 0) is 12.3 Å². The number of carbonyl (C=O) groups is 1. The van der Waals surface area contributed by atoms with Crippen LogP contribution in [0.1, 0.15) is 13.3 Å². The Balaban J connectivity index is 2.46. The standard InChI is InChI=1S/C7H14N2O2/c1-5-4-9(7(10)11)3-2-6(5)8/h5-6H,2-4,8H2,1H3,(H,10,11)/p-1. The average Bonchev–Trinajstić information content (AvgIpc) is 1.94. The zero-order valence-corrected chi connectivity index (χ0v) is 6.62. The van der Waals surface area contributed by atoms with Gasteiger partial charge in [0.1, 0.15) is 6.09 Å². The summed E-state index contributed by atoms with van der Waals surface area (Å²) in [5.41, 5.74) is 5.70. The Morgan fingerprint density at radius 3 is 2.82 bits per heavy atom. The van der Waals surface area contributed by atoms with Crippen LogP contribution in [-0.4, -0.2) is 30.1 Å². The van der Waals surface area contributed by atoms with Gasteiger partial charge in [0.2, 0.25) is 0 Å². The Hall–Kier alpha value is -0.770. The molecule has 1 aliphatic rings. The van der Waals surface area contributed by atoms with Gasteiger partial charge < -0.3 is 20.5 Å². The Kier molecular flexibility index (Phi) is 2.34. The van der Waals surface area contributed by atoms with E-state index in [1.807, 2.05) is 6.92 Å². The number of rotatable bonds is 0. The summed E-state index contributed by atoms with van der Waals surface area (Å²) >= 11 is 0. The van der Waals surface area contributed by atoms with Crippen LogP contribution in [0.15, 0.2) is 0 Å². The zero-order chi connectivity index (χ0) is 8.43. The monoisotopic (exact) mass is 157 g/mol. The molecule has 0 aromatic rings. The molecule has 2 unspecified atom stereocenters. The molecule has 0 aromatic heterocycles. The lowest BCUT2D eigenvalue weighted by molar-refractivity contribution is -0.267. The number of carboxylic acid groups (broad SMARTS) is 1. The van der Waals surface area contributed by atoms with E-state index in [4.69, 9.17) is 5.73 Å². The minimum Gasteiger partial charge on any atom is -0.530 e. The van der Waals surface area contributed by atoms with Crippen LogP contribution >= 0.6 is 0 Å². The van der Waals surface area contributed by atoms with Gasteiger partial charge in [0, 0.05) is 19.1 Å². The van der Waals surface area contributed by atoms with Gasteiger partial charge in [-0.1, -0.05) is 6.92 Å². The maximum absolute atomic E-state index is 10.4. The SMILES string of the molecule is CC1CN(C(=O)[O-])CCC1N. The summed E-state index contributed by atoms with van der Waals surface area (Å²) in [4.78, 5) is 11.7. The van der Waals surface area contributed by atoms with Crippen LogP contribution in [0.2, 0.25) is 0 Å². The molecule has 0 radical (unpaired) electrons. The summed E-state index contributed by atoms with van der Waals surface area (Å²) in [7, 11) is 0. The number of hydrogen-bond donors (Lipinski definition) is 1. The number of nitrogens with two attached hydrogens (primary N) is 1. The molecule has 0 aromatic carbocycles. The maximum atomic E-state index is 10.4. The van der Waals surface area contributed by atoms with Crippen LogP contribution in [0.4, 0.5) is 4.79 Å². The smallest absolute Gasteiger partial charge is 0.136 e. The van der Waals surface area contributed by atoms with E-state index in [2.05, 4.69) is 0 Å². The Morgan fingerprint density at radius 1 is 1.73 bits per heavy atom. The van der Waals surface area contributed by atoms with Crippen molar-refractivity contribution in [2.24, 2.45) is 11.7 Å². The lowest BCUT2D eigenvalue weighted by atomic mass is 9.95. The first-order valence-corrected chi connectivity index (χ1v) is 3.82. The van der Waals surface area contributed by atoms with Crippen molar-refractivity contribution in [3.8, 4) is 0 Å². The molecule has 1 rings (SSSR count). The van der Waals surface area contributed by atoms with E-state index in [9.17, 15) is 9.90 Å². The fourth-order valence-corrected chi connectivity index (χ4v) is 1.33. The van der Waals surface area contributed by atoms with Crippen LogP contribution < -0.4 is 10.8 Å². The lowest BCUT2D eigenvalue weighted by Gasteiger charge is -2.36. The lowest BCUT2D eigenvalue weighted by Crippen LogP contribution is -2.52. The molecule has 1 amide bonds. The number of nitrogens with zero attached hydrogens (tertiary/aromatic N) is 1. The number of hydrogen-bond acceptors (Lipinski definition) is 3. The van der Waals surface area contributed by atoms with E-state index >= 15 is 0 Å². The summed E-state index contributed by atoms with van der Waals surface area (Å²) in [6.07, 6.45) is -0.335. The quantitative estimate of drug-likeness (QED) is 0.490. The summed E-state index contributed by atoms with van der Waals surface area (Å²) < 4.78 is 0. The van der Waals surface area contributed by atoms with Crippen molar-refractivity contribution < 1.29 is 9.90 Å². The van der Waals surface area contributed by atoms with Gasteiger partial charge in [-0.3, -0.25) is 0 Å². The third kappa shape index (κ3) is 1.83. The van der Waals surface area contributed by atoms with Gasteiger partial charge in [0.15, 0.2) is 0 Å². The van der Waals surface area contributed by atoms with E-state index in [1.54, 1.807) is 0 Å². The Morgan fingerprint density at radius 2 is 2.36 bits per heavy atom. The molecule has 0 bridgehead atoms. The molecule has 11 heavy (non-hydrogen) atoms. The van der Waals surface area contributed by atoms with Gasteiger partial charge in [-0.15, -0.1) is 0 Å². The molecule has 1 fully saturated rings. The average molecular weight is 157 g/mol. The predicted molar refractivity (Wildman–Crippen MR) is 38.7 cm³/mol. The van der Waals surface area contributed by atoms with Crippen molar-refractivity contribution in [3.63, 3.8) is 0 Å². The number of carbonyl (C=O) groups excluding carboxylic acids is 1. The molecule has 64 valence electrons. The minimum atomic E-state index is -1.08. The van der Waals surface area contributed by atoms with Crippen LogP contribution in [0, 0.1) is 5.92 Å². The fourth-order valence-electron chi connectivity index (χ4n) is 1.33. The molecular formula is C7H13N2O2-. The molecule has 1 aliphatic heterocycles. The Bertz CT molecular complexity index is 161. The third-order valence-electron chi connectivity index (χ3n) is 2.23. The summed E-state index contributed by atoms with van der Waals surface area (Å²) in [6, 6.07) is 0.144. The molecule has 0 saturated carbocycles. The molecule has 4 nitrogen and oxygen atoms in total. The second-order valence-electron chi connectivity index (χ2n) is 3.14. The first-order chi connectivity index (χ1) is 5.11. The van der Waals surface area contributed by atoms with Gasteiger partial charge in [-0.2, -0.15) is 0 Å². The van der Waals surface area contributed by atoms with Crippen molar-refractivity contribution in [3.05, 3.63) is 0 Å². The molecule has 2 atom stereocenters. The molecule has 4 heteroatoms. The highest BCUT2D eigenvalue weighted by Gasteiger charge is 2.22. The first kappa shape index (κ1) is 8.33. The van der Waals surface area contributed by atoms with Gasteiger partial charge in [0.25, 0.3) is 0 Å². The fraction of sp³-hybridized carbons (Fsp3) is 0.857. The van der Waals surface area contributed by atoms with E-state index < -0.39 is 6.09 Å². The van der Waals surface area contributed by atoms with Crippen molar-refractivity contribution in [1.82, 2.24) is 4.90 Å². The van der Waals surface area contributed by atoms with Gasteiger partial charge in [0.05, 0.1) is 0 Å². The number of amides is 1. The Labute approximate surface area is 66.0 Å². The highest BCUT2D eigenvalue weighted by molar-refractivity contribution is 5.62. The molecule has 1 heterocycles. The zero-order valence-electron chi connectivity index (χ0n) is 6.62. The van der Waals surface area contributed by atoms with Crippen LogP contribution in [0.25, 0.3) is 0 Å². The molecule has 2 N–H and O–H groups in total. The topological polar surface area (TPSA) is 69.4 Å². The molecule has 1 saturated heterocycles. The number of piperidine rings is 1. The van der Waals surface area contributed by atoms with Crippen molar-refractivity contribution in [1.29, 1.82) is 0 Å². The third-order valence-corrected chi connectivity index (χ3v) is 2.23. The predicted octanol–water partition coefficient (Wildman–Crippen LogP) is -1.00. The van der Waals surface area contributed by atoms with Crippen molar-refractivity contribution in [2.75, 3.05) is 13.1 Å². The van der Waals surface area contributed by atoms with Crippen LogP contribution in [0.3, 0.4) is 0 Å². The van der Waals surface area contributed by atoms with Gasteiger partial charge >= 0.3 is 0 Å². The van der Waals surface area contributed by atoms with Crippen LogP contribution in [-0.2, 0) is 0 Å². The summed E-state index contributed by atoms with van der Waals surface area (Å²) in [5, 5.41) is 10.4. The largest absolute Gasteiger partial charge is 0.530 e. The van der Waals surface area contributed by atoms with E-state index in [0.29, 0.717) is 13.1 Å². The molecule has 0 aliphatic carbocycles. The van der Waals surface area contributed by atoms with Crippen molar-refractivity contribution >= 4 is 6.09 Å². The highest BCUT2D eigenvalue weighted by atomic mass is 16.4. The second-order valence-corrected chi connectivity index (χ2v) is 3.14. The highest BCUT2D eigenvalue weighted by Crippen LogP contribution is 2.13. The summed E-state index contributed by atoms with van der Waals surface area (Å²) in [6.45, 7) is 3.00. The van der Waals surface area contributed by atoms with Crippen LogP contribution in [0.5, 0.6) is 0 Å². The molecule has 0 spiro atoms. The minimum absolute atomic E-state index is 0.144.